The van der Waals surface area contributed by atoms with E-state index in [1.165, 1.54) is 10.9 Å². The maximum absolute atomic E-state index is 12.5. The number of rotatable bonds is 11. The molecule has 1 aromatic heterocycles. The van der Waals surface area contributed by atoms with Crippen LogP contribution >= 0.6 is 0 Å². The lowest BCUT2D eigenvalue weighted by Crippen LogP contribution is -2.60. The molecular weight excluding hydrogens is 578 g/mol. The lowest BCUT2D eigenvalue weighted by Gasteiger charge is -2.38. The van der Waals surface area contributed by atoms with Crippen LogP contribution in [-0.4, -0.2) is 119 Å². The Hall–Kier alpha value is -2.46. The van der Waals surface area contributed by atoms with E-state index in [1.807, 2.05) is 0 Å². The monoisotopic (exact) mass is 613 g/mol. The number of carbonyl (C=O) groups excluding carboxylic acids is 1. The van der Waals surface area contributed by atoms with Crippen molar-refractivity contribution in [3.8, 4) is 0 Å². The van der Waals surface area contributed by atoms with Crippen molar-refractivity contribution in [2.75, 3.05) is 13.2 Å². The van der Waals surface area contributed by atoms with Crippen molar-refractivity contribution >= 4 is 16.4 Å². The number of H-pyrrole nitrogens is 1. The first-order chi connectivity index (χ1) is 19.1. The summed E-state index contributed by atoms with van der Waals surface area (Å²) in [5, 5.41) is 38.8. The van der Waals surface area contributed by atoms with Crippen molar-refractivity contribution in [1.82, 2.24) is 14.3 Å². The molecule has 0 aromatic carbocycles. The Bertz CT molecular complexity index is 1250. The summed E-state index contributed by atoms with van der Waals surface area (Å²) < 4.78 is 59.8. The van der Waals surface area contributed by atoms with Crippen molar-refractivity contribution in [2.24, 2.45) is 0 Å². The number of aliphatic hydroxyl groups is 4. The summed E-state index contributed by atoms with van der Waals surface area (Å²) in [7, 11) is -4.88. The minimum Gasteiger partial charge on any atom is -0.416 e. The summed E-state index contributed by atoms with van der Waals surface area (Å²) in [6.45, 7) is 5.32. The highest BCUT2D eigenvalue weighted by atomic mass is 32.2. The van der Waals surface area contributed by atoms with Gasteiger partial charge in [-0.05, 0) is 27.7 Å². The largest absolute Gasteiger partial charge is 0.425 e. The molecule has 0 saturated carbocycles. The number of aromatic amines is 1. The van der Waals surface area contributed by atoms with Crippen molar-refractivity contribution in [1.29, 1.82) is 0 Å². The first-order valence-corrected chi connectivity index (χ1v) is 14.0. The fourth-order valence-corrected chi connectivity index (χ4v) is 4.84. The van der Waals surface area contributed by atoms with E-state index < -0.39 is 102 Å². The molecule has 9 atom stereocenters. The zero-order valence-corrected chi connectivity index (χ0v) is 23.4. The SMILES string of the molecule is CC(C)OC1C(COS(=O)(=O)NC(=O)OC2OC(CO)C(O)C(O)C2O)OC(n2ccc(=O)[nH]c2=O)C1OC(C)C. The van der Waals surface area contributed by atoms with Crippen LogP contribution in [0.2, 0.25) is 0 Å². The quantitative estimate of drug-likeness (QED) is 0.144. The van der Waals surface area contributed by atoms with E-state index in [-0.39, 0.29) is 6.10 Å². The average molecular weight is 614 g/mol. The van der Waals surface area contributed by atoms with Gasteiger partial charge in [0.2, 0.25) is 6.29 Å². The van der Waals surface area contributed by atoms with E-state index in [4.69, 9.17) is 23.1 Å². The van der Waals surface area contributed by atoms with Crippen molar-refractivity contribution in [3.05, 3.63) is 33.1 Å². The Morgan fingerprint density at radius 1 is 1.02 bits per heavy atom. The minimum atomic E-state index is -4.88. The predicted molar refractivity (Wildman–Crippen MR) is 134 cm³/mol. The molecular formula is C22H35N3O15S. The van der Waals surface area contributed by atoms with Gasteiger partial charge in [0, 0.05) is 12.3 Å². The van der Waals surface area contributed by atoms with Gasteiger partial charge in [0.05, 0.1) is 25.4 Å². The van der Waals surface area contributed by atoms with Crippen LogP contribution in [0.1, 0.15) is 33.9 Å². The van der Waals surface area contributed by atoms with E-state index in [9.17, 15) is 43.2 Å². The van der Waals surface area contributed by atoms with Gasteiger partial charge in [-0.25, -0.2) is 9.59 Å². The minimum absolute atomic E-state index is 0.384. The molecule has 0 radical (unpaired) electrons. The number of nitrogens with zero attached hydrogens (tertiary/aromatic N) is 1. The van der Waals surface area contributed by atoms with Gasteiger partial charge in [0.15, 0.2) is 6.23 Å². The number of carbonyl (C=O) groups is 1. The highest BCUT2D eigenvalue weighted by Crippen LogP contribution is 2.34. The maximum atomic E-state index is 12.5. The molecule has 2 aliphatic rings. The number of hydrogen-bond acceptors (Lipinski definition) is 15. The van der Waals surface area contributed by atoms with E-state index in [1.54, 1.807) is 27.7 Å². The van der Waals surface area contributed by atoms with Crippen LogP contribution in [0.25, 0.3) is 0 Å². The summed E-state index contributed by atoms with van der Waals surface area (Å²) in [5.41, 5.74) is -1.46. The summed E-state index contributed by atoms with van der Waals surface area (Å²) in [6, 6.07) is 1.09. The first kappa shape index (κ1) is 33.0. The fraction of sp³-hybridized carbons (Fsp3) is 0.773. The molecule has 3 heterocycles. The second-order valence-electron chi connectivity index (χ2n) is 9.82. The van der Waals surface area contributed by atoms with Gasteiger partial charge in [-0.15, -0.1) is 0 Å². The Morgan fingerprint density at radius 3 is 2.24 bits per heavy atom. The van der Waals surface area contributed by atoms with Crippen LogP contribution < -0.4 is 16.0 Å². The Morgan fingerprint density at radius 2 is 1.66 bits per heavy atom. The number of hydrogen-bond donors (Lipinski definition) is 6. The molecule has 41 heavy (non-hydrogen) atoms. The third-order valence-corrected chi connectivity index (χ3v) is 6.80. The van der Waals surface area contributed by atoms with E-state index in [2.05, 4.69) is 9.72 Å². The summed E-state index contributed by atoms with van der Waals surface area (Å²) in [5.74, 6) is 0. The third kappa shape index (κ3) is 8.31. The molecule has 2 fully saturated rings. The van der Waals surface area contributed by atoms with Crippen LogP contribution in [-0.2, 0) is 38.2 Å². The zero-order chi connectivity index (χ0) is 30.6. The Balaban J connectivity index is 1.72. The molecule has 2 saturated heterocycles. The lowest BCUT2D eigenvalue weighted by atomic mass is 9.99. The second-order valence-corrected chi connectivity index (χ2v) is 11.2. The van der Waals surface area contributed by atoms with Gasteiger partial charge in [0.25, 0.3) is 5.56 Å². The van der Waals surface area contributed by atoms with Crippen LogP contribution in [0.3, 0.4) is 0 Å². The zero-order valence-electron chi connectivity index (χ0n) is 22.6. The molecule has 6 N–H and O–H groups in total. The predicted octanol–water partition coefficient (Wildman–Crippen LogP) is -3.19. The summed E-state index contributed by atoms with van der Waals surface area (Å²) in [4.78, 5) is 38.3. The Labute approximate surface area is 234 Å². The third-order valence-electron chi connectivity index (χ3n) is 5.94. The Kier molecular flexibility index (Phi) is 11.0. The topological polar surface area (TPSA) is 254 Å². The molecule has 9 unspecified atom stereocenters. The molecule has 19 heteroatoms. The standard InChI is InChI=1S/C22H35N3O15S/c1-9(2)36-17-12(38-19(18(17)37-10(3)4)25-6-5-13(27)23-21(25)31)8-35-41(33,34)24-22(32)40-20-16(30)15(29)14(28)11(7-26)39-20/h5-6,9-12,14-20,26,28-30H,7-8H2,1-4H3,(H,24,32)(H,23,27,31). The summed E-state index contributed by atoms with van der Waals surface area (Å²) >= 11 is 0. The van der Waals surface area contributed by atoms with Gasteiger partial charge >= 0.3 is 22.1 Å². The average Bonchev–Trinajstić information content (AvgIpc) is 3.18. The number of aromatic nitrogens is 2. The first-order valence-electron chi connectivity index (χ1n) is 12.6. The number of aliphatic hydroxyl groups excluding tert-OH is 4. The fourth-order valence-electron chi connectivity index (χ4n) is 4.21. The molecule has 0 bridgehead atoms. The van der Waals surface area contributed by atoms with Crippen molar-refractivity contribution in [2.45, 2.75) is 95.1 Å². The number of amides is 1. The maximum Gasteiger partial charge on any atom is 0.425 e. The van der Waals surface area contributed by atoms with Crippen LogP contribution in [0, 0.1) is 0 Å². The van der Waals surface area contributed by atoms with E-state index in [0.717, 1.165) is 10.6 Å². The summed E-state index contributed by atoms with van der Waals surface area (Å²) in [6.07, 6.45) is -14.4. The normalized spacial score (nSPS) is 32.4. The van der Waals surface area contributed by atoms with Gasteiger partial charge in [-0.3, -0.25) is 18.5 Å². The molecule has 0 aliphatic carbocycles. The lowest BCUT2D eigenvalue weighted by molar-refractivity contribution is -0.284. The molecule has 2 aliphatic heterocycles. The number of ether oxygens (including phenoxy) is 5. The van der Waals surface area contributed by atoms with Gasteiger partial charge in [0.1, 0.15) is 42.7 Å². The van der Waals surface area contributed by atoms with Crippen LogP contribution in [0.15, 0.2) is 21.9 Å². The number of nitrogens with one attached hydrogen (secondary N) is 2. The van der Waals surface area contributed by atoms with Gasteiger partial charge in [-0.1, -0.05) is 0 Å². The van der Waals surface area contributed by atoms with E-state index in [0.29, 0.717) is 0 Å². The van der Waals surface area contributed by atoms with Crippen molar-refractivity contribution in [3.63, 3.8) is 0 Å². The van der Waals surface area contributed by atoms with Crippen molar-refractivity contribution < 1.29 is 61.5 Å². The van der Waals surface area contributed by atoms with Gasteiger partial charge in [-0.2, -0.15) is 13.1 Å². The smallest absolute Gasteiger partial charge is 0.416 e. The molecule has 18 nitrogen and oxygen atoms in total. The second kappa shape index (κ2) is 13.7. The van der Waals surface area contributed by atoms with Crippen LogP contribution in [0.4, 0.5) is 4.79 Å². The van der Waals surface area contributed by atoms with Crippen LogP contribution in [0.5, 0.6) is 0 Å². The highest BCUT2D eigenvalue weighted by Gasteiger charge is 2.49. The highest BCUT2D eigenvalue weighted by molar-refractivity contribution is 7.85. The molecule has 1 aromatic rings. The molecule has 3 rings (SSSR count). The van der Waals surface area contributed by atoms with Gasteiger partial charge < -0.3 is 44.1 Å². The molecule has 1 amide bonds. The molecule has 0 spiro atoms. The molecule has 234 valence electrons. The van der Waals surface area contributed by atoms with E-state index >= 15 is 0 Å².